The molecule has 0 fully saturated rings. The van der Waals surface area contributed by atoms with E-state index in [1.54, 1.807) is 26.8 Å². The van der Waals surface area contributed by atoms with Crippen molar-refractivity contribution in [1.82, 2.24) is 0 Å². The predicted molar refractivity (Wildman–Crippen MR) is 119 cm³/mol. The van der Waals surface area contributed by atoms with Gasteiger partial charge in [0, 0.05) is 24.8 Å². The topological polar surface area (TPSA) is 69.7 Å². The van der Waals surface area contributed by atoms with Crippen LogP contribution < -0.4 is 9.47 Å². The van der Waals surface area contributed by atoms with E-state index in [1.165, 1.54) is 6.07 Å². The number of esters is 2. The van der Waals surface area contributed by atoms with Crippen molar-refractivity contribution in [3.63, 3.8) is 0 Å². The maximum Gasteiger partial charge on any atom is 0.311 e. The second-order valence-corrected chi connectivity index (χ2v) is 8.20. The van der Waals surface area contributed by atoms with Gasteiger partial charge in [-0.25, -0.2) is 0 Å². The molecule has 0 atom stereocenters. The summed E-state index contributed by atoms with van der Waals surface area (Å²) in [6.45, 7) is 9.62. The number of carbonyl (C=O) groups is 3. The molecule has 0 bridgehead atoms. The number of hydrogen-bond acceptors (Lipinski definition) is 5. The second-order valence-electron chi connectivity index (χ2n) is 8.20. The van der Waals surface area contributed by atoms with E-state index >= 15 is 0 Å². The Hall–Kier alpha value is -2.17. The molecule has 0 spiro atoms. The summed E-state index contributed by atoms with van der Waals surface area (Å²) in [4.78, 5) is 37.1. The Bertz CT molecular complexity index is 706. The van der Waals surface area contributed by atoms with Gasteiger partial charge in [0.2, 0.25) is 0 Å². The van der Waals surface area contributed by atoms with Gasteiger partial charge in [-0.15, -0.1) is 0 Å². The summed E-state index contributed by atoms with van der Waals surface area (Å²) in [5.74, 6) is -0.514. The minimum atomic E-state index is -0.371. The molecule has 0 saturated heterocycles. The molecule has 0 aromatic heterocycles. The van der Waals surface area contributed by atoms with Crippen molar-refractivity contribution >= 4 is 17.7 Å². The molecule has 0 radical (unpaired) electrons. The highest BCUT2D eigenvalue weighted by atomic mass is 16.5. The lowest BCUT2D eigenvalue weighted by atomic mass is 9.98. The van der Waals surface area contributed by atoms with Gasteiger partial charge >= 0.3 is 11.9 Å². The van der Waals surface area contributed by atoms with E-state index in [1.807, 2.05) is 0 Å². The summed E-state index contributed by atoms with van der Waals surface area (Å²) in [6.07, 6.45) is 8.52. The minimum absolute atomic E-state index is 0.107. The zero-order valence-electron chi connectivity index (χ0n) is 19.3. The lowest BCUT2D eigenvalue weighted by Crippen LogP contribution is -2.15. The molecular formula is C25H38O5. The average Bonchev–Trinajstić information content (AvgIpc) is 2.70. The van der Waals surface area contributed by atoms with Gasteiger partial charge in [-0.1, -0.05) is 66.2 Å². The highest BCUT2D eigenvalue weighted by molar-refractivity contribution is 6.01. The molecule has 5 heteroatoms. The van der Waals surface area contributed by atoms with Crippen LogP contribution in [0.5, 0.6) is 11.5 Å². The van der Waals surface area contributed by atoms with E-state index in [0.29, 0.717) is 29.7 Å². The fraction of sp³-hybridized carbons (Fsp3) is 0.640. The van der Waals surface area contributed by atoms with E-state index in [-0.39, 0.29) is 29.4 Å². The smallest absolute Gasteiger partial charge is 0.311 e. The van der Waals surface area contributed by atoms with Crippen LogP contribution in [0, 0.1) is 12.8 Å². The molecule has 0 aliphatic carbocycles. The van der Waals surface area contributed by atoms with Crippen molar-refractivity contribution in [1.29, 1.82) is 0 Å². The van der Waals surface area contributed by atoms with Crippen LogP contribution in [0.15, 0.2) is 12.1 Å². The first kappa shape index (κ1) is 25.9. The van der Waals surface area contributed by atoms with Crippen molar-refractivity contribution in [3.8, 4) is 11.5 Å². The van der Waals surface area contributed by atoms with Gasteiger partial charge in [0.1, 0.15) is 11.5 Å². The molecule has 5 nitrogen and oxygen atoms in total. The molecule has 1 aromatic carbocycles. The summed E-state index contributed by atoms with van der Waals surface area (Å²) >= 11 is 0. The Balaban J connectivity index is 2.95. The van der Waals surface area contributed by atoms with E-state index in [4.69, 9.17) is 9.47 Å². The molecule has 0 amide bonds. The number of carbonyl (C=O) groups excluding carboxylic acids is 3. The first-order chi connectivity index (χ1) is 14.3. The molecule has 30 heavy (non-hydrogen) atoms. The van der Waals surface area contributed by atoms with Crippen LogP contribution in [-0.4, -0.2) is 17.7 Å². The largest absolute Gasteiger partial charge is 0.426 e. The summed E-state index contributed by atoms with van der Waals surface area (Å²) in [6, 6.07) is 3.17. The molecule has 0 aliphatic heterocycles. The monoisotopic (exact) mass is 418 g/mol. The highest BCUT2D eigenvalue weighted by Crippen LogP contribution is 2.31. The van der Waals surface area contributed by atoms with Crippen molar-refractivity contribution in [2.75, 3.05) is 0 Å². The summed E-state index contributed by atoms with van der Waals surface area (Å²) < 4.78 is 11.1. The number of hydrogen-bond donors (Lipinski definition) is 0. The number of ether oxygens (including phenoxy) is 2. The average molecular weight is 419 g/mol. The fourth-order valence-corrected chi connectivity index (χ4v) is 3.11. The Morgan fingerprint density at radius 3 is 1.73 bits per heavy atom. The SMILES string of the molecule is CCCCCCC(=O)Oc1cc(OC(=O)CCCCCC)c(C(=O)C(C)C)cc1C. The van der Waals surface area contributed by atoms with Crippen molar-refractivity contribution in [3.05, 3.63) is 23.3 Å². The number of rotatable bonds is 14. The van der Waals surface area contributed by atoms with Gasteiger partial charge in [-0.2, -0.15) is 0 Å². The Labute approximate surface area is 181 Å². The van der Waals surface area contributed by atoms with Crippen LogP contribution in [0.3, 0.4) is 0 Å². The highest BCUT2D eigenvalue weighted by Gasteiger charge is 2.21. The van der Waals surface area contributed by atoms with E-state index in [2.05, 4.69) is 13.8 Å². The van der Waals surface area contributed by atoms with Gasteiger partial charge in [0.25, 0.3) is 0 Å². The second kappa shape index (κ2) is 13.9. The molecular weight excluding hydrogens is 380 g/mol. The number of ketones is 1. The number of unbranched alkanes of at least 4 members (excludes halogenated alkanes) is 6. The molecule has 1 aromatic rings. The maximum absolute atomic E-state index is 12.6. The normalized spacial score (nSPS) is 10.9. The Kier molecular flexibility index (Phi) is 12.0. The molecule has 1 rings (SSSR count). The maximum atomic E-state index is 12.6. The summed E-state index contributed by atoms with van der Waals surface area (Å²) in [7, 11) is 0. The lowest BCUT2D eigenvalue weighted by molar-refractivity contribution is -0.135. The third-order valence-corrected chi connectivity index (χ3v) is 4.98. The quantitative estimate of drug-likeness (QED) is 0.148. The van der Waals surface area contributed by atoms with Crippen molar-refractivity contribution in [2.45, 2.75) is 98.8 Å². The van der Waals surface area contributed by atoms with Crippen LogP contribution in [0.4, 0.5) is 0 Å². The van der Waals surface area contributed by atoms with E-state index in [0.717, 1.165) is 51.4 Å². The minimum Gasteiger partial charge on any atom is -0.426 e. The first-order valence-corrected chi connectivity index (χ1v) is 11.4. The van der Waals surface area contributed by atoms with Gasteiger partial charge < -0.3 is 9.47 Å². The van der Waals surface area contributed by atoms with Crippen LogP contribution >= 0.6 is 0 Å². The zero-order chi connectivity index (χ0) is 22.5. The number of aryl methyl sites for hydroxylation is 1. The Morgan fingerprint density at radius 1 is 0.767 bits per heavy atom. The van der Waals surface area contributed by atoms with Crippen molar-refractivity contribution < 1.29 is 23.9 Å². The number of Topliss-reactive ketones (excluding diaryl/α,β-unsaturated/α-hetero) is 1. The molecule has 0 unspecified atom stereocenters. The van der Waals surface area contributed by atoms with E-state index in [9.17, 15) is 14.4 Å². The van der Waals surface area contributed by atoms with Crippen LogP contribution in [-0.2, 0) is 9.59 Å². The lowest BCUT2D eigenvalue weighted by Gasteiger charge is -2.15. The molecule has 0 saturated carbocycles. The van der Waals surface area contributed by atoms with Gasteiger partial charge in [-0.3, -0.25) is 14.4 Å². The first-order valence-electron chi connectivity index (χ1n) is 11.4. The van der Waals surface area contributed by atoms with E-state index < -0.39 is 0 Å². The van der Waals surface area contributed by atoms with Gasteiger partial charge in [0.05, 0.1) is 5.56 Å². The van der Waals surface area contributed by atoms with Crippen LogP contribution in [0.25, 0.3) is 0 Å². The standard InChI is InChI=1S/C25H38O5/c1-6-8-10-12-14-23(26)29-21-17-22(30-24(27)15-13-11-9-7-2)20(16-19(21)5)25(28)18(3)4/h16-18H,6-15H2,1-5H3. The summed E-state index contributed by atoms with van der Waals surface area (Å²) in [5, 5.41) is 0. The molecule has 0 N–H and O–H groups in total. The third-order valence-electron chi connectivity index (χ3n) is 4.98. The predicted octanol–water partition coefficient (Wildman–Crippen LogP) is 6.59. The molecule has 0 heterocycles. The third kappa shape index (κ3) is 9.10. The number of benzene rings is 1. The Morgan fingerprint density at radius 2 is 1.27 bits per heavy atom. The van der Waals surface area contributed by atoms with Crippen molar-refractivity contribution in [2.24, 2.45) is 5.92 Å². The van der Waals surface area contributed by atoms with Gasteiger partial charge in [0.15, 0.2) is 5.78 Å². The molecule has 168 valence electrons. The van der Waals surface area contributed by atoms with Crippen LogP contribution in [0.1, 0.15) is 108 Å². The fourth-order valence-electron chi connectivity index (χ4n) is 3.11. The van der Waals surface area contributed by atoms with Crippen LogP contribution in [0.2, 0.25) is 0 Å². The summed E-state index contributed by atoms with van der Waals surface area (Å²) in [5.41, 5.74) is 1.02. The van der Waals surface area contributed by atoms with Gasteiger partial charge in [-0.05, 0) is 31.4 Å². The molecule has 0 aliphatic rings. The zero-order valence-corrected chi connectivity index (χ0v) is 19.3.